The average molecular weight is 247 g/mol. The topological polar surface area (TPSA) is 22.1 Å². The molecule has 0 saturated heterocycles. The molecule has 1 aromatic heterocycles. The van der Waals surface area contributed by atoms with Crippen molar-refractivity contribution < 1.29 is 4.74 Å². The predicted octanol–water partition coefficient (Wildman–Crippen LogP) is 4.00. The Labute approximate surface area is 106 Å². The zero-order chi connectivity index (χ0) is 12.4. The number of methoxy groups -OCH3 is 1. The van der Waals surface area contributed by atoms with E-state index in [4.69, 9.17) is 4.74 Å². The molecule has 0 amide bonds. The molecule has 0 atom stereocenters. The van der Waals surface area contributed by atoms with Gasteiger partial charge in [-0.1, -0.05) is 6.92 Å². The number of hydrogen-bond acceptors (Lipinski definition) is 3. The Hall–Kier alpha value is -1.35. The van der Waals surface area contributed by atoms with E-state index >= 15 is 0 Å². The molecule has 0 N–H and O–H groups in total. The van der Waals surface area contributed by atoms with Crippen LogP contribution in [0.1, 0.15) is 23.1 Å². The Morgan fingerprint density at radius 1 is 1.29 bits per heavy atom. The molecule has 0 fully saturated rings. The van der Waals surface area contributed by atoms with Crippen molar-refractivity contribution in [2.24, 2.45) is 0 Å². The summed E-state index contributed by atoms with van der Waals surface area (Å²) in [7, 11) is 1.71. The molecule has 0 bridgehead atoms. The first-order chi connectivity index (χ1) is 8.15. The maximum Gasteiger partial charge on any atom is 0.123 e. The fraction of sp³-hybridized carbons (Fsp3) is 0.357. The predicted molar refractivity (Wildman–Crippen MR) is 73.0 cm³/mol. The fourth-order valence-corrected chi connectivity index (χ4v) is 2.69. The highest BCUT2D eigenvalue weighted by Gasteiger charge is 2.09. The van der Waals surface area contributed by atoms with Gasteiger partial charge in [-0.2, -0.15) is 0 Å². The molecule has 2 rings (SSSR count). The highest BCUT2D eigenvalue weighted by Crippen LogP contribution is 2.31. The van der Waals surface area contributed by atoms with Gasteiger partial charge in [0.1, 0.15) is 10.8 Å². The monoisotopic (exact) mass is 247 g/mol. The highest BCUT2D eigenvalue weighted by atomic mass is 32.1. The number of aryl methyl sites for hydroxylation is 3. The van der Waals surface area contributed by atoms with Gasteiger partial charge < -0.3 is 4.74 Å². The molecule has 0 radical (unpaired) electrons. The van der Waals surface area contributed by atoms with E-state index in [0.717, 1.165) is 22.9 Å². The van der Waals surface area contributed by atoms with Crippen LogP contribution in [0.3, 0.4) is 0 Å². The van der Waals surface area contributed by atoms with Gasteiger partial charge in [-0.25, -0.2) is 4.98 Å². The molecular weight excluding hydrogens is 230 g/mol. The second-order valence-corrected chi connectivity index (χ2v) is 5.24. The molecule has 0 unspecified atom stereocenters. The minimum atomic E-state index is 0.959. The van der Waals surface area contributed by atoms with Crippen molar-refractivity contribution >= 4 is 11.3 Å². The van der Waals surface area contributed by atoms with Gasteiger partial charge in [-0.15, -0.1) is 11.3 Å². The molecule has 1 aromatic carbocycles. The summed E-state index contributed by atoms with van der Waals surface area (Å²) in [5, 5.41) is 1.09. The van der Waals surface area contributed by atoms with E-state index in [-0.39, 0.29) is 0 Å². The molecule has 2 aromatic rings. The van der Waals surface area contributed by atoms with Crippen LogP contribution in [0.25, 0.3) is 10.6 Å². The summed E-state index contributed by atoms with van der Waals surface area (Å²) in [6.07, 6.45) is 0.973. The average Bonchev–Trinajstić information content (AvgIpc) is 2.68. The minimum Gasteiger partial charge on any atom is -0.496 e. The Kier molecular flexibility index (Phi) is 3.48. The Morgan fingerprint density at radius 2 is 2.06 bits per heavy atom. The quantitative estimate of drug-likeness (QED) is 0.818. The minimum absolute atomic E-state index is 0.959. The van der Waals surface area contributed by atoms with Crippen molar-refractivity contribution in [3.05, 3.63) is 34.3 Å². The van der Waals surface area contributed by atoms with Crippen molar-refractivity contribution in [2.75, 3.05) is 7.11 Å². The molecule has 3 heteroatoms. The van der Waals surface area contributed by atoms with Crippen molar-refractivity contribution in [1.82, 2.24) is 4.98 Å². The second-order valence-electron chi connectivity index (χ2n) is 4.04. The lowest BCUT2D eigenvalue weighted by Gasteiger charge is -2.07. The van der Waals surface area contributed by atoms with Crippen LogP contribution < -0.4 is 4.74 Å². The summed E-state index contributed by atoms with van der Waals surface area (Å²) < 4.78 is 5.34. The lowest BCUT2D eigenvalue weighted by atomic mass is 10.1. The Bertz CT molecular complexity index is 512. The summed E-state index contributed by atoms with van der Waals surface area (Å²) in [5.74, 6) is 0.959. The number of rotatable bonds is 3. The Morgan fingerprint density at radius 3 is 2.59 bits per heavy atom. The van der Waals surface area contributed by atoms with Gasteiger partial charge in [0, 0.05) is 10.4 Å². The molecule has 90 valence electrons. The van der Waals surface area contributed by atoms with Crippen LogP contribution in [0, 0.1) is 13.8 Å². The van der Waals surface area contributed by atoms with Gasteiger partial charge in [0.25, 0.3) is 0 Å². The van der Waals surface area contributed by atoms with Crippen LogP contribution in [0.15, 0.2) is 18.2 Å². The van der Waals surface area contributed by atoms with Crippen LogP contribution in [-0.2, 0) is 6.42 Å². The van der Waals surface area contributed by atoms with E-state index in [2.05, 4.69) is 37.9 Å². The molecular formula is C14H17NOS. The van der Waals surface area contributed by atoms with Gasteiger partial charge in [0.2, 0.25) is 0 Å². The smallest absolute Gasteiger partial charge is 0.123 e. The molecule has 0 saturated carbocycles. The number of thiazole rings is 1. The van der Waals surface area contributed by atoms with Crippen molar-refractivity contribution in [3.8, 4) is 16.3 Å². The summed E-state index contributed by atoms with van der Waals surface area (Å²) in [6.45, 7) is 6.31. The van der Waals surface area contributed by atoms with Crippen LogP contribution >= 0.6 is 11.3 Å². The zero-order valence-electron chi connectivity index (χ0n) is 10.7. The van der Waals surface area contributed by atoms with Gasteiger partial charge in [-0.05, 0) is 44.0 Å². The normalized spacial score (nSPS) is 10.6. The van der Waals surface area contributed by atoms with E-state index in [9.17, 15) is 0 Å². The van der Waals surface area contributed by atoms with Gasteiger partial charge in [0.15, 0.2) is 0 Å². The van der Waals surface area contributed by atoms with Crippen LogP contribution in [0.4, 0.5) is 0 Å². The highest BCUT2D eigenvalue weighted by molar-refractivity contribution is 7.15. The van der Waals surface area contributed by atoms with Crippen LogP contribution in [0.2, 0.25) is 0 Å². The third-order valence-electron chi connectivity index (χ3n) is 2.94. The SMILES string of the molecule is CCc1cc(-c2nc(C)c(C)s2)ccc1OC. The van der Waals surface area contributed by atoms with E-state index in [1.807, 2.05) is 6.07 Å². The van der Waals surface area contributed by atoms with E-state index in [1.54, 1.807) is 18.4 Å². The van der Waals surface area contributed by atoms with Crippen molar-refractivity contribution in [1.29, 1.82) is 0 Å². The van der Waals surface area contributed by atoms with Gasteiger partial charge in [-0.3, -0.25) is 0 Å². The number of hydrogen-bond donors (Lipinski definition) is 0. The summed E-state index contributed by atoms with van der Waals surface area (Å²) in [6, 6.07) is 6.28. The number of nitrogens with zero attached hydrogens (tertiary/aromatic N) is 1. The third-order valence-corrected chi connectivity index (χ3v) is 4.06. The molecule has 0 spiro atoms. The number of benzene rings is 1. The molecule has 0 aliphatic carbocycles. The van der Waals surface area contributed by atoms with E-state index in [1.165, 1.54) is 16.0 Å². The lowest BCUT2D eigenvalue weighted by Crippen LogP contribution is -1.91. The van der Waals surface area contributed by atoms with Gasteiger partial charge in [0.05, 0.1) is 12.8 Å². The third kappa shape index (κ3) is 2.34. The lowest BCUT2D eigenvalue weighted by molar-refractivity contribution is 0.410. The molecule has 2 nitrogen and oxygen atoms in total. The first kappa shape index (κ1) is 12.1. The first-order valence-electron chi connectivity index (χ1n) is 5.77. The summed E-state index contributed by atoms with van der Waals surface area (Å²) in [4.78, 5) is 5.88. The number of aromatic nitrogens is 1. The Balaban J connectivity index is 2.46. The maximum atomic E-state index is 5.34. The van der Waals surface area contributed by atoms with Crippen LogP contribution in [-0.4, -0.2) is 12.1 Å². The summed E-state index contributed by atoms with van der Waals surface area (Å²) >= 11 is 1.75. The standard InChI is InChI=1S/C14H17NOS/c1-5-11-8-12(6-7-13(11)16-4)14-15-9(2)10(3)17-14/h6-8H,5H2,1-4H3. The largest absolute Gasteiger partial charge is 0.496 e. The second kappa shape index (κ2) is 4.88. The molecule has 0 aliphatic rings. The zero-order valence-corrected chi connectivity index (χ0v) is 11.5. The van der Waals surface area contributed by atoms with Crippen molar-refractivity contribution in [3.63, 3.8) is 0 Å². The van der Waals surface area contributed by atoms with E-state index in [0.29, 0.717) is 0 Å². The molecule has 17 heavy (non-hydrogen) atoms. The maximum absolute atomic E-state index is 5.34. The van der Waals surface area contributed by atoms with Crippen LogP contribution in [0.5, 0.6) is 5.75 Å². The number of ether oxygens (including phenoxy) is 1. The summed E-state index contributed by atoms with van der Waals surface area (Å²) in [5.41, 5.74) is 3.54. The molecule has 0 aliphatic heterocycles. The van der Waals surface area contributed by atoms with Crippen molar-refractivity contribution in [2.45, 2.75) is 27.2 Å². The molecule has 1 heterocycles. The fourth-order valence-electron chi connectivity index (χ4n) is 1.78. The van der Waals surface area contributed by atoms with Gasteiger partial charge >= 0.3 is 0 Å². The first-order valence-corrected chi connectivity index (χ1v) is 6.58. The van der Waals surface area contributed by atoms with E-state index < -0.39 is 0 Å².